The molecular formula is C16H16N2O4. The zero-order chi connectivity index (χ0) is 15.7. The molecule has 114 valence electrons. The zero-order valence-electron chi connectivity index (χ0n) is 12.2. The van der Waals surface area contributed by atoms with Crippen molar-refractivity contribution in [3.05, 3.63) is 47.3 Å². The average Bonchev–Trinajstić information content (AvgIpc) is 2.97. The maximum Gasteiger partial charge on any atom is 0.337 e. The monoisotopic (exact) mass is 300 g/mol. The molecule has 0 saturated carbocycles. The molecule has 1 aliphatic carbocycles. The number of carboxylic acids is 1. The lowest BCUT2D eigenvalue weighted by Gasteiger charge is -2.16. The molecule has 3 rings (SSSR count). The van der Waals surface area contributed by atoms with E-state index in [-0.39, 0.29) is 11.9 Å². The van der Waals surface area contributed by atoms with Crippen LogP contribution in [0.1, 0.15) is 28.0 Å². The minimum atomic E-state index is -0.749. The van der Waals surface area contributed by atoms with Crippen LogP contribution in [0, 0.1) is 5.92 Å². The van der Waals surface area contributed by atoms with Crippen LogP contribution in [0.4, 0.5) is 0 Å². The molecule has 1 N–H and O–H groups in total. The van der Waals surface area contributed by atoms with Crippen LogP contribution in [0.2, 0.25) is 0 Å². The number of esters is 1. The van der Waals surface area contributed by atoms with Gasteiger partial charge in [-0.2, -0.15) is 5.10 Å². The smallest absolute Gasteiger partial charge is 0.337 e. The Labute approximate surface area is 127 Å². The Morgan fingerprint density at radius 1 is 1.32 bits per heavy atom. The van der Waals surface area contributed by atoms with Gasteiger partial charge in [-0.05, 0) is 49.1 Å². The van der Waals surface area contributed by atoms with Gasteiger partial charge in [0.1, 0.15) is 0 Å². The van der Waals surface area contributed by atoms with Crippen molar-refractivity contribution in [3.8, 4) is 5.69 Å². The van der Waals surface area contributed by atoms with Gasteiger partial charge in [0.05, 0.1) is 30.0 Å². The molecule has 0 amide bonds. The van der Waals surface area contributed by atoms with Crippen LogP contribution in [-0.2, 0) is 22.4 Å². The Hall–Kier alpha value is -2.63. The average molecular weight is 300 g/mol. The van der Waals surface area contributed by atoms with Gasteiger partial charge in [0, 0.05) is 6.20 Å². The summed E-state index contributed by atoms with van der Waals surface area (Å²) in [5.74, 6) is -1.46. The van der Waals surface area contributed by atoms with Crippen LogP contribution in [0.5, 0.6) is 0 Å². The number of hydrogen-bond acceptors (Lipinski definition) is 4. The Balaban J connectivity index is 1.85. The van der Waals surface area contributed by atoms with E-state index in [9.17, 15) is 9.59 Å². The van der Waals surface area contributed by atoms with Gasteiger partial charge in [0.15, 0.2) is 0 Å². The predicted octanol–water partition coefficient (Wildman–Crippen LogP) is 1.85. The highest BCUT2D eigenvalue weighted by atomic mass is 16.5. The third-order valence-electron chi connectivity index (χ3n) is 3.98. The lowest BCUT2D eigenvalue weighted by molar-refractivity contribution is -0.142. The summed E-state index contributed by atoms with van der Waals surface area (Å²) in [6.45, 7) is 0. The van der Waals surface area contributed by atoms with Crippen LogP contribution >= 0.6 is 0 Å². The number of carbonyl (C=O) groups is 2. The largest absolute Gasteiger partial charge is 0.481 e. The second-order valence-electron chi connectivity index (χ2n) is 5.36. The molecule has 1 aromatic carbocycles. The molecule has 1 unspecified atom stereocenters. The van der Waals surface area contributed by atoms with E-state index < -0.39 is 5.97 Å². The fraction of sp³-hybridized carbons (Fsp3) is 0.312. The van der Waals surface area contributed by atoms with E-state index in [2.05, 4.69) is 9.84 Å². The number of nitrogens with zero attached hydrogens (tertiary/aromatic N) is 2. The lowest BCUT2D eigenvalue weighted by Crippen LogP contribution is -2.21. The highest BCUT2D eigenvalue weighted by Crippen LogP contribution is 2.26. The number of rotatable bonds is 3. The molecule has 0 radical (unpaired) electrons. The van der Waals surface area contributed by atoms with E-state index in [4.69, 9.17) is 5.11 Å². The van der Waals surface area contributed by atoms with Crippen molar-refractivity contribution >= 4 is 11.9 Å². The maximum atomic E-state index is 11.4. The van der Waals surface area contributed by atoms with Crippen LogP contribution in [0.25, 0.3) is 5.69 Å². The molecule has 0 fully saturated rings. The normalized spacial score (nSPS) is 16.9. The van der Waals surface area contributed by atoms with E-state index in [1.807, 2.05) is 6.20 Å². The first-order valence-electron chi connectivity index (χ1n) is 7.07. The molecule has 1 aliphatic rings. The molecule has 0 spiro atoms. The van der Waals surface area contributed by atoms with E-state index in [1.54, 1.807) is 28.9 Å². The quantitative estimate of drug-likeness (QED) is 0.875. The third kappa shape index (κ3) is 2.59. The topological polar surface area (TPSA) is 81.4 Å². The van der Waals surface area contributed by atoms with E-state index in [0.717, 1.165) is 16.9 Å². The minimum Gasteiger partial charge on any atom is -0.481 e. The van der Waals surface area contributed by atoms with Crippen molar-refractivity contribution in [3.63, 3.8) is 0 Å². The van der Waals surface area contributed by atoms with E-state index >= 15 is 0 Å². The molecule has 6 heteroatoms. The second-order valence-corrected chi connectivity index (χ2v) is 5.36. The number of aromatic nitrogens is 2. The van der Waals surface area contributed by atoms with Crippen molar-refractivity contribution in [2.45, 2.75) is 19.3 Å². The van der Waals surface area contributed by atoms with Gasteiger partial charge in [0.25, 0.3) is 0 Å². The van der Waals surface area contributed by atoms with Gasteiger partial charge < -0.3 is 9.84 Å². The molecular weight excluding hydrogens is 284 g/mol. The SMILES string of the molecule is COC(=O)c1ccc(-n2cc3c(n2)CCC(C(=O)O)C3)cc1. The van der Waals surface area contributed by atoms with Crippen LogP contribution < -0.4 is 0 Å². The van der Waals surface area contributed by atoms with Gasteiger partial charge in [-0.15, -0.1) is 0 Å². The fourth-order valence-corrected chi connectivity index (χ4v) is 2.72. The summed E-state index contributed by atoms with van der Waals surface area (Å²) in [5, 5.41) is 13.6. The van der Waals surface area contributed by atoms with Crippen molar-refractivity contribution in [1.82, 2.24) is 9.78 Å². The summed E-state index contributed by atoms with van der Waals surface area (Å²) in [6, 6.07) is 6.95. The summed E-state index contributed by atoms with van der Waals surface area (Å²) in [6.07, 6.45) is 3.70. The molecule has 1 aromatic heterocycles. The van der Waals surface area contributed by atoms with E-state index in [1.165, 1.54) is 7.11 Å². The summed E-state index contributed by atoms with van der Waals surface area (Å²) in [5.41, 5.74) is 3.24. The number of aliphatic carboxylic acids is 1. The van der Waals surface area contributed by atoms with Crippen molar-refractivity contribution < 1.29 is 19.4 Å². The van der Waals surface area contributed by atoms with Crippen molar-refractivity contribution in [2.75, 3.05) is 7.11 Å². The molecule has 6 nitrogen and oxygen atoms in total. The molecule has 2 aromatic rings. The van der Waals surface area contributed by atoms with Gasteiger partial charge in [-0.3, -0.25) is 4.79 Å². The Morgan fingerprint density at radius 3 is 2.68 bits per heavy atom. The van der Waals surface area contributed by atoms with Crippen molar-refractivity contribution in [1.29, 1.82) is 0 Å². The molecule has 22 heavy (non-hydrogen) atoms. The lowest BCUT2D eigenvalue weighted by atomic mass is 9.88. The van der Waals surface area contributed by atoms with Crippen molar-refractivity contribution in [2.24, 2.45) is 5.92 Å². The van der Waals surface area contributed by atoms with E-state index in [0.29, 0.717) is 24.8 Å². The summed E-state index contributed by atoms with van der Waals surface area (Å²) < 4.78 is 6.40. The highest BCUT2D eigenvalue weighted by molar-refractivity contribution is 5.89. The number of hydrogen-bond donors (Lipinski definition) is 1. The second kappa shape index (κ2) is 5.63. The molecule has 1 atom stereocenters. The Kier molecular flexibility index (Phi) is 3.66. The number of ether oxygens (including phenoxy) is 1. The molecule has 1 heterocycles. The fourth-order valence-electron chi connectivity index (χ4n) is 2.72. The first-order valence-corrected chi connectivity index (χ1v) is 7.07. The first kappa shape index (κ1) is 14.3. The van der Waals surface area contributed by atoms with Gasteiger partial charge in [0.2, 0.25) is 0 Å². The first-order chi connectivity index (χ1) is 10.6. The number of carboxylic acid groups (broad SMARTS) is 1. The zero-order valence-corrected chi connectivity index (χ0v) is 12.2. The van der Waals surface area contributed by atoms with Crippen LogP contribution in [0.15, 0.2) is 30.5 Å². The van der Waals surface area contributed by atoms with Gasteiger partial charge >= 0.3 is 11.9 Å². The third-order valence-corrected chi connectivity index (χ3v) is 3.98. The highest BCUT2D eigenvalue weighted by Gasteiger charge is 2.26. The summed E-state index contributed by atoms with van der Waals surface area (Å²) >= 11 is 0. The summed E-state index contributed by atoms with van der Waals surface area (Å²) in [4.78, 5) is 22.5. The Bertz CT molecular complexity index is 718. The molecule has 0 aliphatic heterocycles. The molecule has 0 saturated heterocycles. The van der Waals surface area contributed by atoms with Gasteiger partial charge in [-0.25, -0.2) is 9.48 Å². The number of benzene rings is 1. The number of carbonyl (C=O) groups excluding carboxylic acids is 1. The minimum absolute atomic E-state index is 0.327. The standard InChI is InChI=1S/C16H16N2O4/c1-22-16(21)10-2-5-13(6-3-10)18-9-12-8-11(15(19)20)4-7-14(12)17-18/h2-3,5-6,9,11H,4,7-8H2,1H3,(H,19,20). The number of fused-ring (bicyclic) bond motifs is 1. The van der Waals surface area contributed by atoms with Crippen LogP contribution in [0.3, 0.4) is 0 Å². The summed E-state index contributed by atoms with van der Waals surface area (Å²) in [7, 11) is 1.34. The van der Waals surface area contributed by atoms with Crippen LogP contribution in [-0.4, -0.2) is 33.9 Å². The van der Waals surface area contributed by atoms with Gasteiger partial charge in [-0.1, -0.05) is 0 Å². The Morgan fingerprint density at radius 2 is 2.05 bits per heavy atom. The number of aryl methyl sites for hydroxylation is 1. The number of methoxy groups -OCH3 is 1. The predicted molar refractivity (Wildman–Crippen MR) is 78.1 cm³/mol. The molecule has 0 bridgehead atoms. The maximum absolute atomic E-state index is 11.4.